The van der Waals surface area contributed by atoms with E-state index < -0.39 is 11.0 Å². The van der Waals surface area contributed by atoms with Gasteiger partial charge in [-0.1, -0.05) is 0 Å². The van der Waals surface area contributed by atoms with Crippen LogP contribution in [0.4, 0.5) is 11.5 Å². The molecule has 1 saturated carbocycles. The number of fused-ring (bicyclic) bond motifs is 3. The minimum Gasteiger partial charge on any atom is -0.491 e. The van der Waals surface area contributed by atoms with Crippen LogP contribution in [-0.4, -0.2) is 64.7 Å². The summed E-state index contributed by atoms with van der Waals surface area (Å²) in [6.45, 7) is 4.59. The monoisotopic (exact) mass is 501 g/mol. The van der Waals surface area contributed by atoms with Crippen LogP contribution in [0.15, 0.2) is 30.5 Å². The van der Waals surface area contributed by atoms with Gasteiger partial charge in [0.15, 0.2) is 0 Å². The van der Waals surface area contributed by atoms with Crippen LogP contribution in [0.5, 0.6) is 5.75 Å². The second kappa shape index (κ2) is 8.82. The molecule has 0 unspecified atom stereocenters. The Morgan fingerprint density at radius 2 is 2.00 bits per heavy atom. The highest BCUT2D eigenvalue weighted by atomic mass is 16.5. The lowest BCUT2D eigenvalue weighted by Crippen LogP contribution is -2.57. The average molecular weight is 502 g/mol. The zero-order chi connectivity index (χ0) is 25.8. The number of aryl methyl sites for hydroxylation is 1. The van der Waals surface area contributed by atoms with E-state index in [0.29, 0.717) is 62.3 Å². The average Bonchev–Trinajstić information content (AvgIpc) is 3.14. The molecular weight excluding hydrogens is 470 g/mol. The fourth-order valence-electron chi connectivity index (χ4n) is 6.39. The van der Waals surface area contributed by atoms with E-state index >= 15 is 0 Å². The number of pyridine rings is 1. The summed E-state index contributed by atoms with van der Waals surface area (Å²) in [5.74, 6) is 1.49. The van der Waals surface area contributed by atoms with Crippen LogP contribution >= 0.6 is 0 Å². The van der Waals surface area contributed by atoms with Gasteiger partial charge in [0.05, 0.1) is 28.8 Å². The molecule has 1 aromatic carbocycles. The summed E-state index contributed by atoms with van der Waals surface area (Å²) in [6, 6.07) is 9.60. The molecule has 0 bridgehead atoms. The van der Waals surface area contributed by atoms with E-state index in [4.69, 9.17) is 4.74 Å². The van der Waals surface area contributed by atoms with Crippen molar-refractivity contribution in [2.24, 2.45) is 0 Å². The number of rotatable bonds is 5. The summed E-state index contributed by atoms with van der Waals surface area (Å²) < 4.78 is 6.03. The largest absolute Gasteiger partial charge is 0.491 e. The van der Waals surface area contributed by atoms with E-state index in [0.717, 1.165) is 36.4 Å². The number of benzene rings is 1. The summed E-state index contributed by atoms with van der Waals surface area (Å²) in [5.41, 5.74) is 2.10. The minimum atomic E-state index is -0.704. The summed E-state index contributed by atoms with van der Waals surface area (Å²) >= 11 is 0. The number of hydrogen-bond donors (Lipinski definition) is 2. The van der Waals surface area contributed by atoms with Crippen LogP contribution in [0.2, 0.25) is 0 Å². The van der Waals surface area contributed by atoms with Crippen LogP contribution in [0.3, 0.4) is 0 Å². The van der Waals surface area contributed by atoms with Crippen LogP contribution in [-0.2, 0) is 21.4 Å². The molecule has 6 rings (SSSR count). The number of piperidine rings is 1. The predicted octanol–water partition coefficient (Wildman–Crippen LogP) is 2.51. The van der Waals surface area contributed by atoms with Crippen LogP contribution in [0.1, 0.15) is 55.7 Å². The maximum absolute atomic E-state index is 12.9. The third kappa shape index (κ3) is 4.14. The Hall–Kier alpha value is -3.48. The summed E-state index contributed by atoms with van der Waals surface area (Å²) in [7, 11) is 0. The second-order valence-electron chi connectivity index (χ2n) is 11.1. The molecule has 9 heteroatoms. The fraction of sp³-hybridized carbons (Fsp3) is 0.500. The van der Waals surface area contributed by atoms with Crippen molar-refractivity contribution in [3.05, 3.63) is 47.2 Å². The topological polar surface area (TPSA) is 119 Å². The molecule has 2 fully saturated rings. The molecule has 1 aliphatic carbocycles. The normalized spacial score (nSPS) is 26.2. The quantitative estimate of drug-likeness (QED) is 0.646. The molecule has 4 heterocycles. The number of aliphatic hydroxyl groups is 1. The molecule has 0 atom stereocenters. The number of ether oxygens (including phenoxy) is 1. The highest BCUT2D eigenvalue weighted by Gasteiger charge is 2.48. The van der Waals surface area contributed by atoms with Crippen molar-refractivity contribution in [3.8, 4) is 11.8 Å². The Labute approximate surface area is 216 Å². The minimum absolute atomic E-state index is 0.00335. The molecule has 3 aliphatic heterocycles. The van der Waals surface area contributed by atoms with Crippen LogP contribution in [0, 0.1) is 11.3 Å². The van der Waals surface area contributed by atoms with Gasteiger partial charge in [-0.05, 0) is 87.5 Å². The summed E-state index contributed by atoms with van der Waals surface area (Å²) in [4.78, 5) is 34.1. The summed E-state index contributed by atoms with van der Waals surface area (Å²) in [5, 5.41) is 22.4. The van der Waals surface area contributed by atoms with Gasteiger partial charge in [-0.25, -0.2) is 4.98 Å². The number of anilines is 2. The maximum atomic E-state index is 12.9. The lowest BCUT2D eigenvalue weighted by Gasteiger charge is -2.47. The Kier molecular flexibility index (Phi) is 5.70. The number of likely N-dealkylation sites (tertiary alicyclic amines) is 1. The SMILES string of the molecule is C[C@]1(O)C[C@@H](N2C(=O)CCc3cc(OCCN4CCC5(CC4)C(=O)Nc4ccc(C#N)cc45)cnc32)C1. The van der Waals surface area contributed by atoms with E-state index in [2.05, 4.69) is 21.3 Å². The first kappa shape index (κ1) is 23.9. The van der Waals surface area contributed by atoms with Gasteiger partial charge >= 0.3 is 0 Å². The molecule has 2 N–H and O–H groups in total. The van der Waals surface area contributed by atoms with Gasteiger partial charge in [-0.15, -0.1) is 0 Å². The van der Waals surface area contributed by atoms with Gasteiger partial charge in [0.1, 0.15) is 18.2 Å². The zero-order valence-electron chi connectivity index (χ0n) is 21.0. The third-order valence-electron chi connectivity index (χ3n) is 8.47. The van der Waals surface area contributed by atoms with Gasteiger partial charge in [-0.3, -0.25) is 19.4 Å². The van der Waals surface area contributed by atoms with Crippen molar-refractivity contribution in [1.82, 2.24) is 9.88 Å². The molecule has 192 valence electrons. The highest BCUT2D eigenvalue weighted by molar-refractivity contribution is 6.06. The third-order valence-corrected chi connectivity index (χ3v) is 8.47. The molecule has 0 radical (unpaired) electrons. The number of nitriles is 1. The highest BCUT2D eigenvalue weighted by Crippen LogP contribution is 2.45. The van der Waals surface area contributed by atoms with Gasteiger partial charge in [0.2, 0.25) is 11.8 Å². The molecule has 1 aromatic heterocycles. The number of amides is 2. The van der Waals surface area contributed by atoms with E-state index in [1.54, 1.807) is 24.1 Å². The molecule has 1 spiro atoms. The molecule has 9 nitrogen and oxygen atoms in total. The van der Waals surface area contributed by atoms with Crippen molar-refractivity contribution in [2.75, 3.05) is 36.5 Å². The second-order valence-corrected chi connectivity index (χ2v) is 11.1. The lowest BCUT2D eigenvalue weighted by molar-refractivity contribution is -0.123. The smallest absolute Gasteiger partial charge is 0.235 e. The van der Waals surface area contributed by atoms with E-state index in [1.807, 2.05) is 18.2 Å². The van der Waals surface area contributed by atoms with Crippen molar-refractivity contribution in [3.63, 3.8) is 0 Å². The first-order valence-electron chi connectivity index (χ1n) is 13.0. The van der Waals surface area contributed by atoms with Crippen LogP contribution < -0.4 is 15.0 Å². The summed E-state index contributed by atoms with van der Waals surface area (Å²) in [6.07, 6.45) is 5.32. The first-order valence-corrected chi connectivity index (χ1v) is 13.0. The molecule has 2 aromatic rings. The number of nitrogens with one attached hydrogen (secondary N) is 1. The molecule has 4 aliphatic rings. The standard InChI is InChI=1S/C28H31N5O4/c1-27(36)14-20(15-27)33-24(34)5-3-19-13-21(17-30-25(19)33)37-11-10-32-8-6-28(7-9-32)22-12-18(16-29)2-4-23(22)31-26(28)35/h2,4,12-13,17,20,36H,3,5-11,14-15H2,1H3,(H,31,35)/t20-,27+. The predicted molar refractivity (Wildman–Crippen MR) is 136 cm³/mol. The number of carbonyl (C=O) groups is 2. The van der Waals surface area contributed by atoms with Gasteiger partial charge in [0, 0.05) is 24.7 Å². The van der Waals surface area contributed by atoms with E-state index in [-0.39, 0.29) is 17.9 Å². The van der Waals surface area contributed by atoms with Crippen LogP contribution in [0.25, 0.3) is 0 Å². The Bertz CT molecular complexity index is 1300. The molecule has 1 saturated heterocycles. The van der Waals surface area contributed by atoms with Gasteiger partial charge in [0.25, 0.3) is 0 Å². The van der Waals surface area contributed by atoms with Gasteiger partial charge < -0.3 is 15.2 Å². The zero-order valence-corrected chi connectivity index (χ0v) is 21.0. The number of hydrogen-bond acceptors (Lipinski definition) is 7. The molecule has 37 heavy (non-hydrogen) atoms. The van der Waals surface area contributed by atoms with E-state index in [9.17, 15) is 20.0 Å². The number of nitrogens with zero attached hydrogens (tertiary/aromatic N) is 4. The van der Waals surface area contributed by atoms with E-state index in [1.165, 1.54) is 0 Å². The number of carbonyl (C=O) groups excluding carboxylic acids is 2. The number of aromatic nitrogens is 1. The van der Waals surface area contributed by atoms with Crippen molar-refractivity contribution in [1.29, 1.82) is 5.26 Å². The van der Waals surface area contributed by atoms with Gasteiger partial charge in [-0.2, -0.15) is 5.26 Å². The lowest BCUT2D eigenvalue weighted by atomic mass is 9.73. The molecule has 2 amide bonds. The Morgan fingerprint density at radius 1 is 1.22 bits per heavy atom. The Balaban J connectivity index is 1.05. The first-order chi connectivity index (χ1) is 17.8. The fourth-order valence-corrected chi connectivity index (χ4v) is 6.39. The molecular formula is C28H31N5O4. The Morgan fingerprint density at radius 3 is 2.73 bits per heavy atom. The van der Waals surface area contributed by atoms with Crippen molar-refractivity contribution in [2.45, 2.75) is 62.5 Å². The van der Waals surface area contributed by atoms with Crippen molar-refractivity contribution >= 4 is 23.3 Å². The van der Waals surface area contributed by atoms with Crippen molar-refractivity contribution < 1.29 is 19.4 Å². The maximum Gasteiger partial charge on any atom is 0.235 e.